The fraction of sp³-hybridized carbons (Fsp3) is 0.267. The number of aryl methyl sites for hydroxylation is 2. The lowest BCUT2D eigenvalue weighted by molar-refractivity contribution is 0.101. The molecule has 1 aromatic heterocycles. The number of hydrogen-bond acceptors (Lipinski definition) is 3. The van der Waals surface area contributed by atoms with Crippen LogP contribution in [-0.4, -0.2) is 21.5 Å². The molecule has 0 saturated carbocycles. The van der Waals surface area contributed by atoms with Crippen LogP contribution in [0.5, 0.6) is 0 Å². The maximum atomic E-state index is 12.3. The van der Waals surface area contributed by atoms with Crippen molar-refractivity contribution in [3.63, 3.8) is 0 Å². The van der Waals surface area contributed by atoms with Gasteiger partial charge in [0.15, 0.2) is 5.78 Å². The number of carbonyl (C=O) groups is 2. The minimum absolute atomic E-state index is 0.0326. The van der Waals surface area contributed by atoms with Gasteiger partial charge in [0.1, 0.15) is 0 Å². The summed E-state index contributed by atoms with van der Waals surface area (Å²) in [5.41, 5.74) is 3.24. The minimum atomic E-state index is -0.214. The maximum absolute atomic E-state index is 12.3. The molecule has 1 amide bonds. The first-order valence-corrected chi connectivity index (χ1v) is 6.32. The van der Waals surface area contributed by atoms with Crippen molar-refractivity contribution in [2.24, 2.45) is 7.05 Å². The molecule has 0 spiro atoms. The van der Waals surface area contributed by atoms with Crippen molar-refractivity contribution in [3.8, 4) is 0 Å². The van der Waals surface area contributed by atoms with Gasteiger partial charge >= 0.3 is 0 Å². The Balaban J connectivity index is 2.28. The van der Waals surface area contributed by atoms with E-state index in [0.717, 1.165) is 5.69 Å². The molecular formula is C15H17N3O2. The van der Waals surface area contributed by atoms with Crippen LogP contribution in [0, 0.1) is 13.8 Å². The molecule has 0 aliphatic rings. The molecule has 0 unspecified atom stereocenters. The normalized spacial score (nSPS) is 10.4. The lowest BCUT2D eigenvalue weighted by atomic mass is 10.1. The Morgan fingerprint density at radius 2 is 1.95 bits per heavy atom. The summed E-state index contributed by atoms with van der Waals surface area (Å²) in [6, 6.07) is 6.89. The number of aromatic nitrogens is 2. The van der Waals surface area contributed by atoms with Crippen LogP contribution in [0.3, 0.4) is 0 Å². The van der Waals surface area contributed by atoms with Crippen LogP contribution in [0.15, 0.2) is 24.3 Å². The van der Waals surface area contributed by atoms with Crippen molar-refractivity contribution in [1.82, 2.24) is 9.78 Å². The standard InChI is InChI=1S/C15H17N3O2/c1-9-14(10(2)18(4)17-9)15(20)16-13-7-5-6-12(8-13)11(3)19/h5-8H,1-4H3,(H,16,20). The molecule has 104 valence electrons. The number of benzene rings is 1. The predicted octanol–water partition coefficient (Wildman–Crippen LogP) is 2.49. The van der Waals surface area contributed by atoms with Gasteiger partial charge < -0.3 is 5.32 Å². The van der Waals surface area contributed by atoms with Gasteiger partial charge in [0.2, 0.25) is 0 Å². The van der Waals surface area contributed by atoms with Gasteiger partial charge in [0.05, 0.1) is 11.3 Å². The predicted molar refractivity (Wildman–Crippen MR) is 77.1 cm³/mol. The maximum Gasteiger partial charge on any atom is 0.259 e. The molecule has 1 aromatic carbocycles. The molecule has 0 radical (unpaired) electrons. The summed E-state index contributed by atoms with van der Waals surface area (Å²) in [7, 11) is 1.80. The van der Waals surface area contributed by atoms with Gasteiger partial charge in [0, 0.05) is 24.0 Å². The van der Waals surface area contributed by atoms with Gasteiger partial charge in [-0.1, -0.05) is 12.1 Å². The Hall–Kier alpha value is -2.43. The van der Waals surface area contributed by atoms with Crippen molar-refractivity contribution in [2.45, 2.75) is 20.8 Å². The van der Waals surface area contributed by atoms with E-state index < -0.39 is 0 Å². The van der Waals surface area contributed by atoms with E-state index in [1.165, 1.54) is 6.92 Å². The van der Waals surface area contributed by atoms with Crippen LogP contribution in [0.1, 0.15) is 39.0 Å². The number of Topliss-reactive ketones (excluding diaryl/α,β-unsaturated/α-hetero) is 1. The SMILES string of the molecule is CC(=O)c1cccc(NC(=O)c2c(C)nn(C)c2C)c1. The lowest BCUT2D eigenvalue weighted by Gasteiger charge is -2.06. The van der Waals surface area contributed by atoms with Crippen molar-refractivity contribution < 1.29 is 9.59 Å². The molecule has 0 fully saturated rings. The lowest BCUT2D eigenvalue weighted by Crippen LogP contribution is -2.14. The van der Waals surface area contributed by atoms with Crippen LogP contribution >= 0.6 is 0 Å². The van der Waals surface area contributed by atoms with Crippen LogP contribution < -0.4 is 5.32 Å². The zero-order chi connectivity index (χ0) is 14.9. The summed E-state index contributed by atoms with van der Waals surface area (Å²) in [6.45, 7) is 5.14. The molecule has 20 heavy (non-hydrogen) atoms. The van der Waals surface area contributed by atoms with Gasteiger partial charge in [-0.2, -0.15) is 5.10 Å². The fourth-order valence-electron chi connectivity index (χ4n) is 2.11. The molecule has 0 aliphatic carbocycles. The topological polar surface area (TPSA) is 64.0 Å². The van der Waals surface area contributed by atoms with Crippen LogP contribution in [0.2, 0.25) is 0 Å². The third-order valence-corrected chi connectivity index (χ3v) is 3.26. The van der Waals surface area contributed by atoms with E-state index in [9.17, 15) is 9.59 Å². The molecule has 0 aliphatic heterocycles. The molecule has 5 heteroatoms. The fourth-order valence-corrected chi connectivity index (χ4v) is 2.11. The Morgan fingerprint density at radius 3 is 2.50 bits per heavy atom. The van der Waals surface area contributed by atoms with Gasteiger partial charge in [-0.15, -0.1) is 0 Å². The van der Waals surface area contributed by atoms with Crippen molar-refractivity contribution >= 4 is 17.4 Å². The van der Waals surface area contributed by atoms with Crippen LogP contribution in [-0.2, 0) is 7.05 Å². The molecule has 0 atom stereocenters. The van der Waals surface area contributed by atoms with Crippen LogP contribution in [0.4, 0.5) is 5.69 Å². The molecule has 1 heterocycles. The summed E-state index contributed by atoms with van der Waals surface area (Å²) in [4.78, 5) is 23.6. The van der Waals surface area contributed by atoms with Crippen molar-refractivity contribution in [2.75, 3.05) is 5.32 Å². The average molecular weight is 271 g/mol. The number of amides is 1. The number of nitrogens with zero attached hydrogens (tertiary/aromatic N) is 2. The van der Waals surface area contributed by atoms with Gasteiger partial charge in [-0.3, -0.25) is 14.3 Å². The molecule has 0 bridgehead atoms. The van der Waals surface area contributed by atoms with Crippen molar-refractivity contribution in [3.05, 3.63) is 46.8 Å². The van der Waals surface area contributed by atoms with E-state index in [-0.39, 0.29) is 11.7 Å². The highest BCUT2D eigenvalue weighted by Crippen LogP contribution is 2.16. The second-order valence-corrected chi connectivity index (χ2v) is 4.76. The highest BCUT2D eigenvalue weighted by atomic mass is 16.1. The number of carbonyl (C=O) groups excluding carboxylic acids is 2. The Morgan fingerprint density at radius 1 is 1.25 bits per heavy atom. The number of anilines is 1. The van der Waals surface area contributed by atoms with E-state index in [4.69, 9.17) is 0 Å². The summed E-state index contributed by atoms with van der Waals surface area (Å²) < 4.78 is 1.68. The summed E-state index contributed by atoms with van der Waals surface area (Å²) in [5, 5.41) is 7.02. The second-order valence-electron chi connectivity index (χ2n) is 4.76. The Labute approximate surface area is 117 Å². The van der Waals surface area contributed by atoms with E-state index in [1.54, 1.807) is 42.9 Å². The van der Waals surface area contributed by atoms with Crippen molar-refractivity contribution in [1.29, 1.82) is 0 Å². The zero-order valence-corrected chi connectivity index (χ0v) is 12.0. The van der Waals surface area contributed by atoms with E-state index in [2.05, 4.69) is 10.4 Å². The second kappa shape index (κ2) is 5.28. The number of ketones is 1. The highest BCUT2D eigenvalue weighted by molar-refractivity contribution is 6.06. The minimum Gasteiger partial charge on any atom is -0.322 e. The van der Waals surface area contributed by atoms with E-state index >= 15 is 0 Å². The number of hydrogen-bond donors (Lipinski definition) is 1. The first-order chi connectivity index (χ1) is 9.40. The van der Waals surface area contributed by atoms with E-state index in [1.807, 2.05) is 6.92 Å². The summed E-state index contributed by atoms with van der Waals surface area (Å²) in [6.07, 6.45) is 0. The molecule has 2 rings (SSSR count). The third kappa shape index (κ3) is 2.61. The quantitative estimate of drug-likeness (QED) is 0.872. The Bertz CT molecular complexity index is 686. The third-order valence-electron chi connectivity index (χ3n) is 3.26. The van der Waals surface area contributed by atoms with Gasteiger partial charge in [-0.05, 0) is 32.9 Å². The molecule has 5 nitrogen and oxygen atoms in total. The first-order valence-electron chi connectivity index (χ1n) is 6.32. The molecule has 2 aromatic rings. The van der Waals surface area contributed by atoms with E-state index in [0.29, 0.717) is 22.5 Å². The zero-order valence-electron chi connectivity index (χ0n) is 12.0. The molecule has 0 saturated heterocycles. The average Bonchev–Trinajstić information content (AvgIpc) is 2.63. The monoisotopic (exact) mass is 271 g/mol. The van der Waals surface area contributed by atoms with Gasteiger partial charge in [-0.25, -0.2) is 0 Å². The summed E-state index contributed by atoms with van der Waals surface area (Å²) >= 11 is 0. The molecular weight excluding hydrogens is 254 g/mol. The first kappa shape index (κ1) is 14.0. The Kier molecular flexibility index (Phi) is 3.70. The largest absolute Gasteiger partial charge is 0.322 e. The summed E-state index contributed by atoms with van der Waals surface area (Å²) in [5.74, 6) is -0.247. The molecule has 1 N–H and O–H groups in total. The number of rotatable bonds is 3. The van der Waals surface area contributed by atoms with Gasteiger partial charge in [0.25, 0.3) is 5.91 Å². The number of nitrogens with one attached hydrogen (secondary N) is 1. The highest BCUT2D eigenvalue weighted by Gasteiger charge is 2.17. The smallest absolute Gasteiger partial charge is 0.259 e. The van der Waals surface area contributed by atoms with Crippen LogP contribution in [0.25, 0.3) is 0 Å².